The maximum atomic E-state index is 9.27. The molecule has 1 N–H and O–H groups in total. The Morgan fingerprint density at radius 2 is 1.95 bits per heavy atom. The highest BCUT2D eigenvalue weighted by Crippen LogP contribution is 2.36. The second-order valence-corrected chi connectivity index (χ2v) is 5.76. The van der Waals surface area contributed by atoms with Crippen molar-refractivity contribution in [3.63, 3.8) is 0 Å². The number of anilines is 1. The number of benzene rings is 2. The molecule has 0 aliphatic carbocycles. The third-order valence-electron chi connectivity index (χ3n) is 4.78. The smallest absolute Gasteiger partial charge is 0.0998 e. The molecule has 0 aromatic heterocycles. The largest absolute Gasteiger partial charge is 0.366 e. The molecule has 2 aliphatic heterocycles. The number of fused-ring (bicyclic) bond motifs is 2. The van der Waals surface area contributed by atoms with Crippen LogP contribution in [0.5, 0.6) is 0 Å². The zero-order valence-corrected chi connectivity index (χ0v) is 11.3. The predicted molar refractivity (Wildman–Crippen MR) is 80.8 cm³/mol. The van der Waals surface area contributed by atoms with Gasteiger partial charge in [0.05, 0.1) is 11.6 Å². The van der Waals surface area contributed by atoms with Gasteiger partial charge in [0, 0.05) is 42.1 Å². The highest BCUT2D eigenvalue weighted by molar-refractivity contribution is 5.98. The van der Waals surface area contributed by atoms with Gasteiger partial charge in [-0.25, -0.2) is 0 Å². The fraction of sp³-hybridized carbons (Fsp3) is 0.353. The standard InChI is InChI=1S/C17H17N3/c18-9-12-5-6-16(15-4-2-1-3-14(12)15)20-8-7-13-10-19-11-17(13)20/h1-6,13,17,19H,7-8,10-11H2/t13-,17+/m0/s1. The van der Waals surface area contributed by atoms with Crippen LogP contribution < -0.4 is 10.2 Å². The summed E-state index contributed by atoms with van der Waals surface area (Å²) in [6.45, 7) is 3.36. The van der Waals surface area contributed by atoms with Crippen molar-refractivity contribution in [2.45, 2.75) is 12.5 Å². The second-order valence-electron chi connectivity index (χ2n) is 5.76. The van der Waals surface area contributed by atoms with Crippen molar-refractivity contribution >= 4 is 16.5 Å². The molecule has 2 fully saturated rings. The Hall–Kier alpha value is -2.05. The Balaban J connectivity index is 1.87. The minimum absolute atomic E-state index is 0.617. The van der Waals surface area contributed by atoms with E-state index in [4.69, 9.17) is 0 Å². The number of hydrogen-bond donors (Lipinski definition) is 1. The lowest BCUT2D eigenvalue weighted by atomic mass is 10.0. The minimum atomic E-state index is 0.617. The topological polar surface area (TPSA) is 39.1 Å². The number of nitrogens with zero attached hydrogens (tertiary/aromatic N) is 2. The van der Waals surface area contributed by atoms with Crippen molar-refractivity contribution in [2.75, 3.05) is 24.5 Å². The van der Waals surface area contributed by atoms with Crippen molar-refractivity contribution in [1.82, 2.24) is 5.32 Å². The quantitative estimate of drug-likeness (QED) is 0.859. The molecule has 3 nitrogen and oxygen atoms in total. The molecular formula is C17H17N3. The van der Waals surface area contributed by atoms with Crippen LogP contribution in [0.3, 0.4) is 0 Å². The molecule has 4 rings (SSSR count). The lowest BCUT2D eigenvalue weighted by molar-refractivity contribution is 0.579. The normalized spacial score (nSPS) is 24.9. The van der Waals surface area contributed by atoms with Crippen LogP contribution in [0, 0.1) is 17.2 Å². The molecule has 2 aliphatic rings. The monoisotopic (exact) mass is 263 g/mol. The maximum absolute atomic E-state index is 9.27. The molecule has 0 saturated carbocycles. The lowest BCUT2D eigenvalue weighted by Gasteiger charge is -2.27. The fourth-order valence-electron chi connectivity index (χ4n) is 3.78. The summed E-state index contributed by atoms with van der Waals surface area (Å²) in [5.74, 6) is 0.782. The van der Waals surface area contributed by atoms with E-state index in [-0.39, 0.29) is 0 Å². The molecule has 20 heavy (non-hydrogen) atoms. The molecule has 0 unspecified atom stereocenters. The summed E-state index contributed by atoms with van der Waals surface area (Å²) in [6, 6.07) is 15.3. The molecule has 100 valence electrons. The van der Waals surface area contributed by atoms with E-state index in [2.05, 4.69) is 40.6 Å². The lowest BCUT2D eigenvalue weighted by Crippen LogP contribution is -2.34. The molecule has 0 spiro atoms. The van der Waals surface area contributed by atoms with Crippen LogP contribution in [0.2, 0.25) is 0 Å². The van der Waals surface area contributed by atoms with Crippen LogP contribution >= 0.6 is 0 Å². The number of nitriles is 1. The zero-order valence-electron chi connectivity index (χ0n) is 11.3. The van der Waals surface area contributed by atoms with E-state index in [0.717, 1.165) is 36.5 Å². The van der Waals surface area contributed by atoms with Gasteiger partial charge >= 0.3 is 0 Å². The molecule has 0 radical (unpaired) electrons. The summed E-state index contributed by atoms with van der Waals surface area (Å²) in [5, 5.41) is 15.0. The zero-order chi connectivity index (χ0) is 13.5. The van der Waals surface area contributed by atoms with E-state index in [1.807, 2.05) is 12.1 Å². The third kappa shape index (κ3) is 1.62. The first kappa shape index (κ1) is 11.7. The van der Waals surface area contributed by atoms with Gasteiger partial charge in [-0.2, -0.15) is 5.26 Å². The summed E-state index contributed by atoms with van der Waals surface area (Å²) < 4.78 is 0. The predicted octanol–water partition coefficient (Wildman–Crippen LogP) is 2.51. The molecule has 2 heterocycles. The molecular weight excluding hydrogens is 246 g/mol. The van der Waals surface area contributed by atoms with Gasteiger partial charge in [0.1, 0.15) is 0 Å². The first-order chi connectivity index (χ1) is 9.88. The van der Waals surface area contributed by atoms with Crippen LogP contribution in [0.1, 0.15) is 12.0 Å². The summed E-state index contributed by atoms with van der Waals surface area (Å²) in [4.78, 5) is 2.54. The van der Waals surface area contributed by atoms with E-state index in [1.54, 1.807) is 0 Å². The first-order valence-electron chi connectivity index (χ1n) is 7.27. The molecule has 2 aromatic rings. The van der Waals surface area contributed by atoms with Gasteiger partial charge in [-0.1, -0.05) is 24.3 Å². The highest BCUT2D eigenvalue weighted by atomic mass is 15.2. The van der Waals surface area contributed by atoms with Crippen molar-refractivity contribution < 1.29 is 0 Å². The summed E-state index contributed by atoms with van der Waals surface area (Å²) in [5.41, 5.74) is 2.06. The fourth-order valence-corrected chi connectivity index (χ4v) is 3.78. The minimum Gasteiger partial charge on any atom is -0.366 e. The van der Waals surface area contributed by atoms with E-state index < -0.39 is 0 Å². The summed E-state index contributed by atoms with van der Waals surface area (Å²) >= 11 is 0. The van der Waals surface area contributed by atoms with Crippen LogP contribution in [-0.4, -0.2) is 25.7 Å². The van der Waals surface area contributed by atoms with Crippen LogP contribution in [0.4, 0.5) is 5.69 Å². The number of nitrogens with one attached hydrogen (secondary N) is 1. The Labute approximate surface area is 118 Å². The molecule has 2 saturated heterocycles. The van der Waals surface area contributed by atoms with E-state index in [1.165, 1.54) is 17.5 Å². The van der Waals surface area contributed by atoms with Gasteiger partial charge in [0.15, 0.2) is 0 Å². The van der Waals surface area contributed by atoms with Crippen LogP contribution in [-0.2, 0) is 0 Å². The molecule has 0 bridgehead atoms. The first-order valence-corrected chi connectivity index (χ1v) is 7.27. The molecule has 2 atom stereocenters. The van der Waals surface area contributed by atoms with E-state index in [0.29, 0.717) is 6.04 Å². The van der Waals surface area contributed by atoms with Gasteiger partial charge in [0.25, 0.3) is 0 Å². The Kier molecular flexibility index (Phi) is 2.64. The van der Waals surface area contributed by atoms with E-state index >= 15 is 0 Å². The Morgan fingerprint density at radius 1 is 1.10 bits per heavy atom. The van der Waals surface area contributed by atoms with Crippen LogP contribution in [0.15, 0.2) is 36.4 Å². The van der Waals surface area contributed by atoms with Gasteiger partial charge in [0.2, 0.25) is 0 Å². The molecule has 2 aromatic carbocycles. The third-order valence-corrected chi connectivity index (χ3v) is 4.78. The number of rotatable bonds is 1. The van der Waals surface area contributed by atoms with Gasteiger partial charge < -0.3 is 10.2 Å². The average molecular weight is 263 g/mol. The SMILES string of the molecule is N#Cc1ccc(N2CC[C@H]3CNC[C@H]32)c2ccccc12. The Morgan fingerprint density at radius 3 is 2.80 bits per heavy atom. The van der Waals surface area contributed by atoms with Crippen molar-refractivity contribution in [3.8, 4) is 6.07 Å². The van der Waals surface area contributed by atoms with E-state index in [9.17, 15) is 5.26 Å². The highest BCUT2D eigenvalue weighted by Gasteiger charge is 2.37. The summed E-state index contributed by atoms with van der Waals surface area (Å²) in [7, 11) is 0. The maximum Gasteiger partial charge on any atom is 0.0998 e. The average Bonchev–Trinajstić information content (AvgIpc) is 3.09. The number of hydrogen-bond acceptors (Lipinski definition) is 3. The van der Waals surface area contributed by atoms with Gasteiger partial charge in [-0.3, -0.25) is 0 Å². The van der Waals surface area contributed by atoms with Crippen LogP contribution in [0.25, 0.3) is 10.8 Å². The Bertz CT molecular complexity index is 701. The molecule has 3 heteroatoms. The summed E-state index contributed by atoms with van der Waals surface area (Å²) in [6.07, 6.45) is 1.27. The van der Waals surface area contributed by atoms with Crippen molar-refractivity contribution in [1.29, 1.82) is 5.26 Å². The van der Waals surface area contributed by atoms with Crippen molar-refractivity contribution in [2.24, 2.45) is 5.92 Å². The second kappa shape index (κ2) is 4.50. The van der Waals surface area contributed by atoms with Gasteiger partial charge in [-0.05, 0) is 24.5 Å². The van der Waals surface area contributed by atoms with Gasteiger partial charge in [-0.15, -0.1) is 0 Å². The molecule has 0 amide bonds. The van der Waals surface area contributed by atoms with Crippen molar-refractivity contribution in [3.05, 3.63) is 42.0 Å².